The molecule has 134 valence electrons. The van der Waals surface area contributed by atoms with Gasteiger partial charge in [0, 0.05) is 19.6 Å². The van der Waals surface area contributed by atoms with Crippen LogP contribution in [0.2, 0.25) is 10.0 Å². The van der Waals surface area contributed by atoms with E-state index >= 15 is 0 Å². The molecule has 24 heavy (non-hydrogen) atoms. The highest BCUT2D eigenvalue weighted by Crippen LogP contribution is 2.37. The molecular weight excluding hydrogens is 371 g/mol. The van der Waals surface area contributed by atoms with Crippen LogP contribution in [0.4, 0.5) is 0 Å². The largest absolute Gasteiger partial charge is 0.491 e. The third-order valence-corrected chi connectivity index (χ3v) is 5.80. The van der Waals surface area contributed by atoms with E-state index in [-0.39, 0.29) is 18.3 Å². The first-order valence-corrected chi connectivity index (χ1v) is 8.91. The molecule has 1 aromatic carbocycles. The molecule has 4 nitrogen and oxygen atoms in total. The second-order valence-corrected chi connectivity index (χ2v) is 7.24. The van der Waals surface area contributed by atoms with Crippen LogP contribution in [0.15, 0.2) is 18.2 Å². The van der Waals surface area contributed by atoms with E-state index in [1.54, 1.807) is 18.2 Å². The molecule has 2 saturated heterocycles. The van der Waals surface area contributed by atoms with Crippen LogP contribution in [0.5, 0.6) is 5.75 Å². The van der Waals surface area contributed by atoms with Gasteiger partial charge in [-0.3, -0.25) is 4.79 Å². The molecule has 0 aliphatic carbocycles. The topological polar surface area (TPSA) is 41.6 Å². The van der Waals surface area contributed by atoms with Crippen molar-refractivity contribution in [3.8, 4) is 5.75 Å². The zero-order valence-electron chi connectivity index (χ0n) is 13.5. The van der Waals surface area contributed by atoms with E-state index in [2.05, 4.69) is 5.32 Å². The SMILES string of the molecule is Cl.O=C(CCOc1cccc(Cl)c1Cl)N1CCC2(CCNC2)CC1. The number of carbonyl (C=O) groups is 1. The molecule has 2 aliphatic rings. The van der Waals surface area contributed by atoms with Gasteiger partial charge in [-0.2, -0.15) is 0 Å². The Balaban J connectivity index is 0.00000208. The Labute approximate surface area is 159 Å². The number of halogens is 3. The van der Waals surface area contributed by atoms with E-state index in [1.807, 2.05) is 4.90 Å². The second kappa shape index (κ2) is 8.61. The quantitative estimate of drug-likeness (QED) is 0.846. The van der Waals surface area contributed by atoms with E-state index in [9.17, 15) is 4.79 Å². The molecule has 1 N–H and O–H groups in total. The molecule has 2 aliphatic heterocycles. The normalized spacial score (nSPS) is 19.2. The van der Waals surface area contributed by atoms with Crippen molar-refractivity contribution in [2.45, 2.75) is 25.7 Å². The summed E-state index contributed by atoms with van der Waals surface area (Å²) in [4.78, 5) is 14.3. The summed E-state index contributed by atoms with van der Waals surface area (Å²) in [6.07, 6.45) is 3.82. The van der Waals surface area contributed by atoms with Crippen molar-refractivity contribution in [3.63, 3.8) is 0 Å². The fraction of sp³-hybridized carbons (Fsp3) is 0.588. The van der Waals surface area contributed by atoms with Gasteiger partial charge >= 0.3 is 0 Å². The van der Waals surface area contributed by atoms with E-state index in [1.165, 1.54) is 6.42 Å². The summed E-state index contributed by atoms with van der Waals surface area (Å²) in [5.41, 5.74) is 0.432. The highest BCUT2D eigenvalue weighted by atomic mass is 35.5. The molecular formula is C17H23Cl3N2O2. The fourth-order valence-electron chi connectivity index (χ4n) is 3.45. The standard InChI is InChI=1S/C17H22Cl2N2O2.ClH/c18-13-2-1-3-14(16(13)19)23-11-4-15(22)21-9-6-17(7-10-21)5-8-20-12-17;/h1-3,20H,4-12H2;1H. The second-order valence-electron chi connectivity index (χ2n) is 6.46. The summed E-state index contributed by atoms with van der Waals surface area (Å²) in [6.45, 7) is 4.26. The number of nitrogens with zero attached hydrogens (tertiary/aromatic N) is 1. The molecule has 0 radical (unpaired) electrons. The van der Waals surface area contributed by atoms with Gasteiger partial charge in [-0.1, -0.05) is 29.3 Å². The lowest BCUT2D eigenvalue weighted by Gasteiger charge is -2.38. The maximum Gasteiger partial charge on any atom is 0.225 e. The highest BCUT2D eigenvalue weighted by molar-refractivity contribution is 6.42. The van der Waals surface area contributed by atoms with Gasteiger partial charge in [-0.05, 0) is 43.4 Å². The fourth-order valence-corrected chi connectivity index (χ4v) is 3.80. The minimum absolute atomic E-state index is 0. The van der Waals surface area contributed by atoms with Crippen LogP contribution in [-0.2, 0) is 4.79 Å². The number of rotatable bonds is 4. The molecule has 0 saturated carbocycles. The number of likely N-dealkylation sites (tertiary alicyclic amines) is 1. The molecule has 0 aromatic heterocycles. The minimum Gasteiger partial charge on any atom is -0.491 e. The first kappa shape index (κ1) is 19.6. The van der Waals surface area contributed by atoms with Crippen LogP contribution in [-0.4, -0.2) is 43.6 Å². The number of benzene rings is 1. The zero-order chi connectivity index (χ0) is 16.3. The highest BCUT2D eigenvalue weighted by Gasteiger charge is 2.37. The van der Waals surface area contributed by atoms with Crippen molar-refractivity contribution in [1.82, 2.24) is 10.2 Å². The smallest absolute Gasteiger partial charge is 0.225 e. The zero-order valence-corrected chi connectivity index (χ0v) is 15.9. The van der Waals surface area contributed by atoms with Gasteiger partial charge < -0.3 is 15.0 Å². The van der Waals surface area contributed by atoms with Crippen molar-refractivity contribution >= 4 is 41.5 Å². The van der Waals surface area contributed by atoms with Gasteiger partial charge in [0.2, 0.25) is 5.91 Å². The van der Waals surface area contributed by atoms with Crippen LogP contribution in [0.25, 0.3) is 0 Å². The molecule has 2 fully saturated rings. The summed E-state index contributed by atoms with van der Waals surface area (Å²) in [5, 5.41) is 4.30. The van der Waals surface area contributed by atoms with E-state index in [0.717, 1.165) is 39.0 Å². The maximum absolute atomic E-state index is 12.3. The Morgan fingerprint density at radius 2 is 2.00 bits per heavy atom. The molecule has 0 bridgehead atoms. The van der Waals surface area contributed by atoms with Crippen LogP contribution in [0, 0.1) is 5.41 Å². The number of amides is 1. The predicted molar refractivity (Wildman–Crippen MR) is 99.6 cm³/mol. The van der Waals surface area contributed by atoms with Crippen molar-refractivity contribution in [1.29, 1.82) is 0 Å². The summed E-state index contributed by atoms with van der Waals surface area (Å²) >= 11 is 12.0. The summed E-state index contributed by atoms with van der Waals surface area (Å²) in [6, 6.07) is 5.25. The number of carbonyl (C=O) groups excluding carboxylic acids is 1. The summed E-state index contributed by atoms with van der Waals surface area (Å²) < 4.78 is 5.60. The average molecular weight is 394 g/mol. The molecule has 0 unspecified atom stereocenters. The Kier molecular flexibility index (Phi) is 7.05. The number of hydrogen-bond acceptors (Lipinski definition) is 3. The van der Waals surface area contributed by atoms with Crippen molar-refractivity contribution in [2.75, 3.05) is 32.8 Å². The lowest BCUT2D eigenvalue weighted by atomic mass is 9.78. The molecule has 1 aromatic rings. The third kappa shape index (κ3) is 4.48. The number of piperidine rings is 1. The number of nitrogens with one attached hydrogen (secondary N) is 1. The number of hydrogen-bond donors (Lipinski definition) is 1. The Morgan fingerprint density at radius 3 is 2.67 bits per heavy atom. The first-order chi connectivity index (χ1) is 11.1. The Morgan fingerprint density at radius 1 is 1.25 bits per heavy atom. The van der Waals surface area contributed by atoms with E-state index in [4.69, 9.17) is 27.9 Å². The van der Waals surface area contributed by atoms with Gasteiger partial charge in [-0.25, -0.2) is 0 Å². The van der Waals surface area contributed by atoms with Crippen molar-refractivity contribution in [3.05, 3.63) is 28.2 Å². The van der Waals surface area contributed by atoms with Crippen molar-refractivity contribution in [2.24, 2.45) is 5.41 Å². The molecule has 2 heterocycles. The maximum atomic E-state index is 12.3. The van der Waals surface area contributed by atoms with Crippen LogP contribution in [0.1, 0.15) is 25.7 Å². The van der Waals surface area contributed by atoms with Gasteiger partial charge in [-0.15, -0.1) is 12.4 Å². The monoisotopic (exact) mass is 392 g/mol. The lowest BCUT2D eigenvalue weighted by Crippen LogP contribution is -2.44. The minimum atomic E-state index is 0. The third-order valence-electron chi connectivity index (χ3n) is 5.00. The Bertz CT molecular complexity index is 567. The summed E-state index contributed by atoms with van der Waals surface area (Å²) in [5.74, 6) is 0.686. The molecule has 3 rings (SSSR count). The van der Waals surface area contributed by atoms with Crippen LogP contribution >= 0.6 is 35.6 Å². The summed E-state index contributed by atoms with van der Waals surface area (Å²) in [7, 11) is 0. The average Bonchev–Trinajstić information content (AvgIpc) is 3.00. The lowest BCUT2D eigenvalue weighted by molar-refractivity contribution is -0.133. The van der Waals surface area contributed by atoms with E-state index < -0.39 is 0 Å². The predicted octanol–water partition coefficient (Wildman–Crippen LogP) is 3.79. The molecule has 1 spiro atoms. The van der Waals surface area contributed by atoms with Crippen LogP contribution in [0.3, 0.4) is 0 Å². The van der Waals surface area contributed by atoms with E-state index in [0.29, 0.717) is 34.2 Å². The van der Waals surface area contributed by atoms with Gasteiger partial charge in [0.1, 0.15) is 10.8 Å². The molecule has 0 atom stereocenters. The van der Waals surface area contributed by atoms with Gasteiger partial charge in [0.15, 0.2) is 0 Å². The molecule has 7 heteroatoms. The Hall–Kier alpha value is -0.680. The number of ether oxygens (including phenoxy) is 1. The van der Waals surface area contributed by atoms with Gasteiger partial charge in [0.05, 0.1) is 18.1 Å². The van der Waals surface area contributed by atoms with Gasteiger partial charge in [0.25, 0.3) is 0 Å². The van der Waals surface area contributed by atoms with Crippen LogP contribution < -0.4 is 10.1 Å². The van der Waals surface area contributed by atoms with Crippen molar-refractivity contribution < 1.29 is 9.53 Å². The molecule has 1 amide bonds. The first-order valence-electron chi connectivity index (χ1n) is 8.15.